The van der Waals surface area contributed by atoms with E-state index in [4.69, 9.17) is 4.74 Å². The zero-order chi connectivity index (χ0) is 27.0. The van der Waals surface area contributed by atoms with Crippen LogP contribution in [-0.4, -0.2) is 30.6 Å². The van der Waals surface area contributed by atoms with Gasteiger partial charge < -0.3 is 9.64 Å². The molecule has 1 saturated heterocycles. The highest BCUT2D eigenvalue weighted by Crippen LogP contribution is 2.35. The maximum absolute atomic E-state index is 11.7. The van der Waals surface area contributed by atoms with E-state index < -0.39 is 5.97 Å². The summed E-state index contributed by atoms with van der Waals surface area (Å²) in [6, 6.07) is 17.0. The van der Waals surface area contributed by atoms with E-state index in [-0.39, 0.29) is 5.69 Å². The van der Waals surface area contributed by atoms with Gasteiger partial charge in [-0.25, -0.2) is 9.78 Å². The Morgan fingerprint density at radius 3 is 2.31 bits per heavy atom. The molecule has 0 atom stereocenters. The lowest BCUT2D eigenvalue weighted by Crippen LogP contribution is -2.15. The third-order valence-corrected chi connectivity index (χ3v) is 7.55. The molecule has 0 spiro atoms. The summed E-state index contributed by atoms with van der Waals surface area (Å²) in [5.74, 6) is -0.469. The van der Waals surface area contributed by atoms with E-state index in [1.165, 1.54) is 29.2 Å². The lowest BCUT2D eigenvalue weighted by molar-refractivity contribution is 0.0520. The predicted molar refractivity (Wildman–Crippen MR) is 154 cm³/mol. The van der Waals surface area contributed by atoms with Crippen LogP contribution in [0.2, 0.25) is 0 Å². The second-order valence-electron chi connectivity index (χ2n) is 8.63. The summed E-state index contributed by atoms with van der Waals surface area (Å²) in [6.07, 6.45) is 2.51. The zero-order valence-corrected chi connectivity index (χ0v) is 23.2. The van der Waals surface area contributed by atoms with Gasteiger partial charge in [0, 0.05) is 18.5 Å². The van der Waals surface area contributed by atoms with E-state index in [1.807, 2.05) is 31.2 Å². The number of anilines is 1. The smallest absolute Gasteiger partial charge is 0.357 e. The van der Waals surface area contributed by atoms with Gasteiger partial charge in [-0.3, -0.25) is 0 Å². The number of carbonyl (C=O) groups is 1. The SMILES string of the molecule is CCOC(=O)c1csc(N=Nc2ccc(N=Nc3ccc(N=Nc4ccc(N5CCCC5)s4)cc3C)cc2)n1. The van der Waals surface area contributed by atoms with E-state index >= 15 is 0 Å². The summed E-state index contributed by atoms with van der Waals surface area (Å²) in [5.41, 5.74) is 4.02. The number of nitrogens with zero attached hydrogens (tertiary/aromatic N) is 8. The highest BCUT2D eigenvalue weighted by atomic mass is 32.1. The molecule has 4 aromatic rings. The summed E-state index contributed by atoms with van der Waals surface area (Å²) in [6.45, 7) is 6.25. The number of ether oxygens (including phenoxy) is 1. The molecule has 1 aliphatic heterocycles. The number of aryl methyl sites for hydroxylation is 1. The van der Waals surface area contributed by atoms with Crippen LogP contribution >= 0.6 is 22.7 Å². The maximum Gasteiger partial charge on any atom is 0.357 e. The number of aromatic nitrogens is 1. The molecule has 1 fully saturated rings. The number of hydrogen-bond acceptors (Lipinski definition) is 12. The summed E-state index contributed by atoms with van der Waals surface area (Å²) in [7, 11) is 0. The molecule has 39 heavy (non-hydrogen) atoms. The van der Waals surface area contributed by atoms with Crippen LogP contribution in [0.4, 0.5) is 37.9 Å². The van der Waals surface area contributed by atoms with E-state index in [0.29, 0.717) is 23.1 Å². The molecule has 12 heteroatoms. The summed E-state index contributed by atoms with van der Waals surface area (Å²) < 4.78 is 4.93. The molecule has 0 aliphatic carbocycles. The van der Waals surface area contributed by atoms with Crippen molar-refractivity contribution >= 4 is 66.5 Å². The Kier molecular flexibility index (Phi) is 8.54. The second-order valence-corrected chi connectivity index (χ2v) is 10.5. The summed E-state index contributed by atoms with van der Waals surface area (Å²) >= 11 is 2.89. The van der Waals surface area contributed by atoms with E-state index in [0.717, 1.165) is 35.0 Å². The first kappa shape index (κ1) is 26.4. The Balaban J connectivity index is 1.17. The molecule has 0 saturated carbocycles. The Bertz CT molecular complexity index is 1520. The van der Waals surface area contributed by atoms with Crippen molar-refractivity contribution in [3.8, 4) is 0 Å². The van der Waals surface area contributed by atoms with Gasteiger partial charge in [-0.15, -0.1) is 31.8 Å². The van der Waals surface area contributed by atoms with Gasteiger partial charge in [0.05, 0.1) is 34.4 Å². The fraction of sp³-hybridized carbons (Fsp3) is 0.259. The van der Waals surface area contributed by atoms with Crippen LogP contribution in [0, 0.1) is 6.92 Å². The fourth-order valence-corrected chi connectivity index (χ4v) is 5.29. The van der Waals surface area contributed by atoms with E-state index in [2.05, 4.69) is 46.6 Å². The second kappa shape index (κ2) is 12.6. The Morgan fingerprint density at radius 2 is 1.59 bits per heavy atom. The van der Waals surface area contributed by atoms with Gasteiger partial charge >= 0.3 is 5.97 Å². The van der Waals surface area contributed by atoms with Crippen LogP contribution in [-0.2, 0) is 4.74 Å². The van der Waals surface area contributed by atoms with Crippen LogP contribution in [0.1, 0.15) is 35.8 Å². The average molecular weight is 559 g/mol. The zero-order valence-electron chi connectivity index (χ0n) is 21.5. The highest BCUT2D eigenvalue weighted by Gasteiger charge is 2.14. The molecule has 0 unspecified atom stereocenters. The quantitative estimate of drug-likeness (QED) is 0.150. The molecular weight excluding hydrogens is 532 g/mol. The van der Waals surface area contributed by atoms with Crippen LogP contribution in [0.15, 0.2) is 90.7 Å². The molecule has 198 valence electrons. The normalized spacial score (nSPS) is 13.8. The molecule has 3 heterocycles. The number of thiophene rings is 1. The monoisotopic (exact) mass is 558 g/mol. The molecule has 5 rings (SSSR count). The number of azo groups is 3. The van der Waals surface area contributed by atoms with Gasteiger partial charge in [-0.1, -0.05) is 11.3 Å². The summed E-state index contributed by atoms with van der Waals surface area (Å²) in [5, 5.41) is 29.9. The number of thiazole rings is 1. The van der Waals surface area contributed by atoms with Crippen molar-refractivity contribution in [1.82, 2.24) is 4.98 Å². The first-order valence-corrected chi connectivity index (χ1v) is 14.2. The van der Waals surface area contributed by atoms with Crippen LogP contribution in [0.3, 0.4) is 0 Å². The van der Waals surface area contributed by atoms with Crippen molar-refractivity contribution in [2.45, 2.75) is 26.7 Å². The Hall–Kier alpha value is -4.16. The minimum atomic E-state index is -0.469. The van der Waals surface area contributed by atoms with Crippen LogP contribution < -0.4 is 4.90 Å². The lowest BCUT2D eigenvalue weighted by atomic mass is 10.2. The number of benzene rings is 2. The van der Waals surface area contributed by atoms with Crippen LogP contribution in [0.25, 0.3) is 0 Å². The van der Waals surface area contributed by atoms with Gasteiger partial charge in [0.15, 0.2) is 5.69 Å². The van der Waals surface area contributed by atoms with Crippen molar-refractivity contribution in [3.05, 3.63) is 71.2 Å². The molecule has 0 radical (unpaired) electrons. The molecule has 2 aromatic heterocycles. The van der Waals surface area contributed by atoms with Gasteiger partial charge in [0.1, 0.15) is 5.00 Å². The van der Waals surface area contributed by atoms with Crippen LogP contribution in [0.5, 0.6) is 0 Å². The molecular formula is C27H26N8O2S2. The average Bonchev–Trinajstić information content (AvgIpc) is 3.73. The molecule has 1 aliphatic rings. The van der Waals surface area contributed by atoms with Gasteiger partial charge in [0.2, 0.25) is 5.13 Å². The van der Waals surface area contributed by atoms with E-state index in [9.17, 15) is 4.79 Å². The van der Waals surface area contributed by atoms with Gasteiger partial charge in [-0.2, -0.15) is 10.2 Å². The lowest BCUT2D eigenvalue weighted by Gasteiger charge is -2.13. The Labute approximate surface area is 233 Å². The third-order valence-electron chi connectivity index (χ3n) is 5.79. The minimum absolute atomic E-state index is 0.229. The largest absolute Gasteiger partial charge is 0.461 e. The van der Waals surface area contributed by atoms with Crippen molar-refractivity contribution in [1.29, 1.82) is 0 Å². The number of rotatable bonds is 9. The highest BCUT2D eigenvalue weighted by molar-refractivity contribution is 7.19. The van der Waals surface area contributed by atoms with Crippen molar-refractivity contribution in [2.24, 2.45) is 30.7 Å². The Morgan fingerprint density at radius 1 is 0.897 bits per heavy atom. The third kappa shape index (κ3) is 7.03. The molecule has 0 bridgehead atoms. The van der Waals surface area contributed by atoms with Gasteiger partial charge in [-0.05, 0) is 86.8 Å². The number of esters is 1. The molecule has 2 aromatic carbocycles. The minimum Gasteiger partial charge on any atom is -0.461 e. The predicted octanol–water partition coefficient (Wildman–Crippen LogP) is 9.54. The summed E-state index contributed by atoms with van der Waals surface area (Å²) in [4.78, 5) is 18.2. The number of carbonyl (C=O) groups excluding carboxylic acids is 1. The van der Waals surface area contributed by atoms with Crippen molar-refractivity contribution in [3.63, 3.8) is 0 Å². The first-order valence-electron chi connectivity index (χ1n) is 12.5. The first-order chi connectivity index (χ1) is 19.1. The maximum atomic E-state index is 11.7. The topological polar surface area (TPSA) is 117 Å². The van der Waals surface area contributed by atoms with Crippen molar-refractivity contribution < 1.29 is 9.53 Å². The standard InChI is InChI=1S/C27H26N8O2S2/c1-3-37-26(36)23-17-38-27(28-23)34-30-20-8-6-19(7-9-20)29-32-22-11-10-21(16-18(22)2)31-33-24-12-13-25(39-24)35-14-4-5-15-35/h6-13,16-17H,3-5,14-15H2,1-2H3. The molecule has 10 nitrogen and oxygen atoms in total. The number of hydrogen-bond donors (Lipinski definition) is 0. The van der Waals surface area contributed by atoms with E-state index in [1.54, 1.807) is 47.9 Å². The van der Waals surface area contributed by atoms with Crippen molar-refractivity contribution in [2.75, 3.05) is 24.6 Å². The van der Waals surface area contributed by atoms with Gasteiger partial charge in [0.25, 0.3) is 0 Å². The molecule has 0 amide bonds. The fourth-order valence-electron chi connectivity index (χ4n) is 3.81. The molecule has 0 N–H and O–H groups in total.